The summed E-state index contributed by atoms with van der Waals surface area (Å²) in [5.41, 5.74) is 3.97. The van der Waals surface area contributed by atoms with Gasteiger partial charge in [0.05, 0.1) is 17.6 Å². The standard InChI is InChI=1S/C31H33ClF2N2O3S/c1-39-20-29-4-3-13-35(29)17-21-5-7-22(8-6-21)30(23-9-11-26(32)12-10-23)36-18-25(19-36)31(40(2,37)38)24-14-27(33)16-28(34)15-24/h5-12,14-16,29-30H,3-4,13,17-20H2,1-2H3/t29-,30+/m0/s1. The highest BCUT2D eigenvalue weighted by atomic mass is 35.5. The molecule has 2 fully saturated rings. The van der Waals surface area contributed by atoms with Gasteiger partial charge in [-0.25, -0.2) is 17.2 Å². The highest BCUT2D eigenvalue weighted by Crippen LogP contribution is 2.39. The Morgan fingerprint density at radius 3 is 2.17 bits per heavy atom. The van der Waals surface area contributed by atoms with Crippen molar-refractivity contribution in [3.8, 4) is 0 Å². The van der Waals surface area contributed by atoms with Gasteiger partial charge in [0.15, 0.2) is 9.84 Å². The molecule has 3 aromatic carbocycles. The fourth-order valence-electron chi connectivity index (χ4n) is 5.92. The molecule has 3 aromatic rings. The van der Waals surface area contributed by atoms with Gasteiger partial charge in [0.2, 0.25) is 0 Å². The molecule has 0 amide bonds. The normalized spacial score (nSPS) is 19.0. The molecule has 2 aliphatic heterocycles. The molecule has 212 valence electrons. The van der Waals surface area contributed by atoms with Crippen molar-refractivity contribution in [2.45, 2.75) is 31.5 Å². The fraction of sp³-hybridized carbons (Fsp3) is 0.355. The number of halogens is 3. The van der Waals surface area contributed by atoms with E-state index in [1.807, 2.05) is 24.3 Å². The summed E-state index contributed by atoms with van der Waals surface area (Å²) in [4.78, 5) is 4.61. The molecule has 0 unspecified atom stereocenters. The Morgan fingerprint density at radius 2 is 1.60 bits per heavy atom. The molecular weight excluding hydrogens is 554 g/mol. The van der Waals surface area contributed by atoms with E-state index in [4.69, 9.17) is 16.3 Å². The monoisotopic (exact) mass is 586 g/mol. The summed E-state index contributed by atoms with van der Waals surface area (Å²) in [5.74, 6) is -1.62. The molecular formula is C31H33ClF2N2O3S. The molecule has 40 heavy (non-hydrogen) atoms. The SMILES string of the molecule is COC[C@@H]1CCCN1Cc1ccc([C@H](c2ccc(Cl)cc2)N2CC(=C(c3cc(F)cc(F)c3)S(C)(=O)=O)C2)cc1. The van der Waals surface area contributed by atoms with E-state index in [1.165, 1.54) is 12.0 Å². The lowest BCUT2D eigenvalue weighted by Crippen LogP contribution is -2.44. The number of rotatable bonds is 9. The van der Waals surface area contributed by atoms with Gasteiger partial charge in [-0.3, -0.25) is 9.80 Å². The van der Waals surface area contributed by atoms with Gasteiger partial charge in [-0.15, -0.1) is 0 Å². The smallest absolute Gasteiger partial charge is 0.176 e. The van der Waals surface area contributed by atoms with Crippen LogP contribution in [0.25, 0.3) is 4.91 Å². The molecule has 5 rings (SSSR count). The Morgan fingerprint density at radius 1 is 1.00 bits per heavy atom. The van der Waals surface area contributed by atoms with Crippen molar-refractivity contribution in [1.29, 1.82) is 0 Å². The Labute approximate surface area is 239 Å². The first kappa shape index (κ1) is 28.9. The van der Waals surface area contributed by atoms with E-state index in [9.17, 15) is 17.2 Å². The zero-order valence-electron chi connectivity index (χ0n) is 22.6. The molecule has 0 aromatic heterocycles. The van der Waals surface area contributed by atoms with Crippen LogP contribution in [0.5, 0.6) is 0 Å². The Hall–Kier alpha value is -2.62. The van der Waals surface area contributed by atoms with Gasteiger partial charge >= 0.3 is 0 Å². The number of hydrogen-bond donors (Lipinski definition) is 0. The molecule has 5 nitrogen and oxygen atoms in total. The average Bonchev–Trinajstić information content (AvgIpc) is 3.30. The lowest BCUT2D eigenvalue weighted by molar-refractivity contribution is 0.112. The van der Waals surface area contributed by atoms with Gasteiger partial charge < -0.3 is 4.74 Å². The van der Waals surface area contributed by atoms with E-state index >= 15 is 0 Å². The number of methoxy groups -OCH3 is 1. The zero-order chi connectivity index (χ0) is 28.4. The molecule has 0 radical (unpaired) electrons. The van der Waals surface area contributed by atoms with Gasteiger partial charge in [0.1, 0.15) is 11.6 Å². The van der Waals surface area contributed by atoms with Crippen molar-refractivity contribution in [2.24, 2.45) is 0 Å². The summed E-state index contributed by atoms with van der Waals surface area (Å²) in [6, 6.07) is 19.3. The van der Waals surface area contributed by atoms with Gasteiger partial charge in [0, 0.05) is 50.1 Å². The van der Waals surface area contributed by atoms with Crippen LogP contribution in [0.2, 0.25) is 5.02 Å². The molecule has 0 aliphatic carbocycles. The third-order valence-corrected chi connectivity index (χ3v) is 9.21. The summed E-state index contributed by atoms with van der Waals surface area (Å²) < 4.78 is 58.8. The van der Waals surface area contributed by atoms with Crippen LogP contribution >= 0.6 is 11.6 Å². The van der Waals surface area contributed by atoms with Crippen molar-refractivity contribution in [3.05, 3.63) is 111 Å². The van der Waals surface area contributed by atoms with Crippen molar-refractivity contribution in [1.82, 2.24) is 9.80 Å². The number of ether oxygens (including phenoxy) is 1. The van der Waals surface area contributed by atoms with E-state index in [0.29, 0.717) is 29.7 Å². The second-order valence-corrected chi connectivity index (χ2v) is 13.1. The summed E-state index contributed by atoms with van der Waals surface area (Å²) in [7, 11) is -1.99. The molecule has 2 saturated heterocycles. The maximum absolute atomic E-state index is 14.0. The third-order valence-electron chi connectivity index (χ3n) is 7.69. The molecule has 0 spiro atoms. The molecule has 0 bridgehead atoms. The molecule has 0 N–H and O–H groups in total. The number of benzene rings is 3. The summed E-state index contributed by atoms with van der Waals surface area (Å²) in [6.45, 7) is 3.35. The Kier molecular flexibility index (Phi) is 8.73. The zero-order valence-corrected chi connectivity index (χ0v) is 24.2. The molecule has 2 aliphatic rings. The number of nitrogens with zero attached hydrogens (tertiary/aromatic N) is 2. The van der Waals surface area contributed by atoms with Crippen LogP contribution < -0.4 is 0 Å². The van der Waals surface area contributed by atoms with Crippen LogP contribution in [0, 0.1) is 11.6 Å². The number of sulfone groups is 1. The Bertz CT molecular complexity index is 1470. The predicted molar refractivity (Wildman–Crippen MR) is 155 cm³/mol. The van der Waals surface area contributed by atoms with Crippen LogP contribution in [0.4, 0.5) is 8.78 Å². The minimum Gasteiger partial charge on any atom is -0.383 e. The van der Waals surface area contributed by atoms with Gasteiger partial charge in [0.25, 0.3) is 0 Å². The lowest BCUT2D eigenvalue weighted by atomic mass is 9.91. The average molecular weight is 587 g/mol. The maximum atomic E-state index is 14.0. The summed E-state index contributed by atoms with van der Waals surface area (Å²) in [5, 5.41) is 0.630. The van der Waals surface area contributed by atoms with Gasteiger partial charge in [-0.2, -0.15) is 0 Å². The first-order valence-electron chi connectivity index (χ1n) is 13.3. The van der Waals surface area contributed by atoms with Crippen LogP contribution in [0.3, 0.4) is 0 Å². The van der Waals surface area contributed by atoms with Gasteiger partial charge in [-0.1, -0.05) is 48.0 Å². The largest absolute Gasteiger partial charge is 0.383 e. The van der Waals surface area contributed by atoms with Gasteiger partial charge in [-0.05, 0) is 71.5 Å². The van der Waals surface area contributed by atoms with E-state index < -0.39 is 21.5 Å². The van der Waals surface area contributed by atoms with Crippen molar-refractivity contribution < 1.29 is 21.9 Å². The van der Waals surface area contributed by atoms with E-state index in [0.717, 1.165) is 61.7 Å². The van der Waals surface area contributed by atoms with E-state index in [1.54, 1.807) is 7.11 Å². The van der Waals surface area contributed by atoms with Crippen LogP contribution in [0.15, 0.2) is 72.3 Å². The molecule has 2 heterocycles. The highest BCUT2D eigenvalue weighted by Gasteiger charge is 2.35. The van der Waals surface area contributed by atoms with E-state index in [-0.39, 0.29) is 16.5 Å². The number of hydrogen-bond acceptors (Lipinski definition) is 5. The topological polar surface area (TPSA) is 49.9 Å². The summed E-state index contributed by atoms with van der Waals surface area (Å²) in [6.07, 6.45) is 3.40. The molecule has 0 saturated carbocycles. The second kappa shape index (κ2) is 12.1. The van der Waals surface area contributed by atoms with Crippen LogP contribution in [0.1, 0.15) is 41.1 Å². The second-order valence-electron chi connectivity index (χ2n) is 10.7. The van der Waals surface area contributed by atoms with Crippen LogP contribution in [-0.2, 0) is 21.1 Å². The van der Waals surface area contributed by atoms with E-state index in [2.05, 4.69) is 34.1 Å². The number of likely N-dealkylation sites (tertiary alicyclic amines) is 2. The molecule has 9 heteroatoms. The fourth-order valence-corrected chi connectivity index (χ4v) is 7.24. The van der Waals surface area contributed by atoms with Crippen molar-refractivity contribution in [3.63, 3.8) is 0 Å². The minimum absolute atomic E-state index is 0.0106. The summed E-state index contributed by atoms with van der Waals surface area (Å²) >= 11 is 6.17. The molecule has 2 atom stereocenters. The highest BCUT2D eigenvalue weighted by molar-refractivity contribution is 8.00. The quantitative estimate of drug-likeness (QED) is 0.304. The third kappa shape index (κ3) is 6.47. The first-order valence-corrected chi connectivity index (χ1v) is 15.6. The Balaban J connectivity index is 1.43. The predicted octanol–water partition coefficient (Wildman–Crippen LogP) is 6.09. The van der Waals surface area contributed by atoms with Crippen molar-refractivity contribution in [2.75, 3.05) is 39.6 Å². The van der Waals surface area contributed by atoms with Crippen LogP contribution in [-0.4, -0.2) is 63.9 Å². The first-order chi connectivity index (χ1) is 19.1. The maximum Gasteiger partial charge on any atom is 0.176 e. The minimum atomic E-state index is -3.73. The lowest BCUT2D eigenvalue weighted by Gasteiger charge is -2.42. The van der Waals surface area contributed by atoms with Crippen molar-refractivity contribution >= 4 is 26.3 Å².